The average Bonchev–Trinajstić information content (AvgIpc) is 3.26. The number of amides is 1. The number of carbonyl (C=O) groups is 1. The molecule has 31 heavy (non-hydrogen) atoms. The van der Waals surface area contributed by atoms with Gasteiger partial charge in [-0.1, -0.05) is 49.0 Å². The SMILES string of the molecule is O=C(CC1CSc2nc3c(cnn3-c3ccc(Cl)cc3)c(=O)n21)NC1CCCCCC1. The van der Waals surface area contributed by atoms with Crippen LogP contribution in [0.4, 0.5) is 0 Å². The van der Waals surface area contributed by atoms with Crippen LogP contribution >= 0.6 is 23.4 Å². The number of nitrogens with zero attached hydrogens (tertiary/aromatic N) is 4. The molecule has 1 aliphatic heterocycles. The summed E-state index contributed by atoms with van der Waals surface area (Å²) in [5, 5.41) is 9.30. The molecule has 2 aliphatic rings. The molecule has 1 fully saturated rings. The first-order valence-corrected chi connectivity index (χ1v) is 12.1. The summed E-state index contributed by atoms with van der Waals surface area (Å²) in [4.78, 5) is 30.7. The zero-order chi connectivity index (χ0) is 21.4. The van der Waals surface area contributed by atoms with Gasteiger partial charge in [0.2, 0.25) is 5.91 Å². The number of fused-ring (bicyclic) bond motifs is 2. The summed E-state index contributed by atoms with van der Waals surface area (Å²) >= 11 is 7.50. The van der Waals surface area contributed by atoms with E-state index in [1.54, 1.807) is 27.6 Å². The normalized spacial score (nSPS) is 19.3. The summed E-state index contributed by atoms with van der Waals surface area (Å²) in [5.41, 5.74) is 1.17. The van der Waals surface area contributed by atoms with E-state index < -0.39 is 0 Å². The molecule has 0 bridgehead atoms. The third-order valence-corrected chi connectivity index (χ3v) is 7.43. The summed E-state index contributed by atoms with van der Waals surface area (Å²) in [7, 11) is 0. The Morgan fingerprint density at radius 2 is 1.90 bits per heavy atom. The van der Waals surface area contributed by atoms with Gasteiger partial charge in [0.15, 0.2) is 10.8 Å². The number of nitrogens with one attached hydrogen (secondary N) is 1. The van der Waals surface area contributed by atoms with Crippen molar-refractivity contribution >= 4 is 40.3 Å². The van der Waals surface area contributed by atoms with Gasteiger partial charge < -0.3 is 5.32 Å². The maximum Gasteiger partial charge on any atom is 0.265 e. The molecule has 1 atom stereocenters. The number of benzene rings is 1. The Bertz CT molecular complexity index is 1170. The zero-order valence-corrected chi connectivity index (χ0v) is 18.7. The molecule has 7 nitrogen and oxygen atoms in total. The second kappa shape index (κ2) is 8.67. The predicted molar refractivity (Wildman–Crippen MR) is 122 cm³/mol. The molecule has 3 aromatic rings. The standard InChI is InChI=1S/C22H24ClN5O2S/c23-14-7-9-16(10-8-14)28-20-18(12-24-28)21(30)27-17(13-31-22(27)26-20)11-19(29)25-15-5-3-1-2-4-6-15/h7-10,12,15,17H,1-6,11,13H2,(H,25,29). The number of halogens is 1. The van der Waals surface area contributed by atoms with Gasteiger partial charge in [0.1, 0.15) is 5.39 Å². The van der Waals surface area contributed by atoms with Crippen LogP contribution in [-0.2, 0) is 4.79 Å². The smallest absolute Gasteiger partial charge is 0.265 e. The molecule has 0 spiro atoms. The first kappa shape index (κ1) is 20.6. The number of aromatic nitrogens is 4. The van der Waals surface area contributed by atoms with Crippen LogP contribution in [0.3, 0.4) is 0 Å². The minimum atomic E-state index is -0.186. The minimum Gasteiger partial charge on any atom is -0.353 e. The fourth-order valence-corrected chi connectivity index (χ4v) is 5.73. The Labute approximate surface area is 189 Å². The number of thioether (sulfide) groups is 1. The second-order valence-electron chi connectivity index (χ2n) is 8.26. The van der Waals surface area contributed by atoms with E-state index in [1.165, 1.54) is 37.4 Å². The van der Waals surface area contributed by atoms with E-state index in [1.807, 2.05) is 12.1 Å². The molecular formula is C22H24ClN5O2S. The van der Waals surface area contributed by atoms with Gasteiger partial charge in [-0.25, -0.2) is 9.67 Å². The van der Waals surface area contributed by atoms with Gasteiger partial charge >= 0.3 is 0 Å². The number of rotatable bonds is 4. The Kier molecular flexibility index (Phi) is 5.75. The first-order valence-electron chi connectivity index (χ1n) is 10.8. The molecule has 5 rings (SSSR count). The molecule has 9 heteroatoms. The van der Waals surface area contributed by atoms with Crippen molar-refractivity contribution in [3.8, 4) is 5.69 Å². The molecular weight excluding hydrogens is 434 g/mol. The number of hydrogen-bond acceptors (Lipinski definition) is 5. The van der Waals surface area contributed by atoms with Crippen molar-refractivity contribution in [2.24, 2.45) is 0 Å². The van der Waals surface area contributed by atoms with E-state index in [0.717, 1.165) is 18.5 Å². The van der Waals surface area contributed by atoms with E-state index in [4.69, 9.17) is 16.6 Å². The Balaban J connectivity index is 1.39. The van der Waals surface area contributed by atoms with Crippen LogP contribution in [-0.4, -0.2) is 37.0 Å². The lowest BCUT2D eigenvalue weighted by Gasteiger charge is -2.18. The van der Waals surface area contributed by atoms with Crippen molar-refractivity contribution in [1.29, 1.82) is 0 Å². The Morgan fingerprint density at radius 1 is 1.16 bits per heavy atom. The highest BCUT2D eigenvalue weighted by atomic mass is 35.5. The fraction of sp³-hybridized carbons (Fsp3) is 0.455. The molecule has 3 heterocycles. The first-order chi connectivity index (χ1) is 15.1. The van der Waals surface area contributed by atoms with Gasteiger partial charge in [0.05, 0.1) is 17.9 Å². The van der Waals surface area contributed by atoms with Gasteiger partial charge in [0, 0.05) is 23.2 Å². The topological polar surface area (TPSA) is 81.8 Å². The average molecular weight is 458 g/mol. The zero-order valence-electron chi connectivity index (χ0n) is 17.1. The third kappa shape index (κ3) is 4.11. The molecule has 0 saturated heterocycles. The van der Waals surface area contributed by atoms with Crippen molar-refractivity contribution in [1.82, 2.24) is 24.6 Å². The quantitative estimate of drug-likeness (QED) is 0.471. The predicted octanol–water partition coefficient (Wildman–Crippen LogP) is 4.11. The maximum absolute atomic E-state index is 13.2. The van der Waals surface area contributed by atoms with Crippen LogP contribution in [0.25, 0.3) is 16.7 Å². The maximum atomic E-state index is 13.2. The van der Waals surface area contributed by atoms with Crippen LogP contribution in [0.1, 0.15) is 51.0 Å². The highest BCUT2D eigenvalue weighted by Gasteiger charge is 2.30. The van der Waals surface area contributed by atoms with Crippen molar-refractivity contribution < 1.29 is 4.79 Å². The fourth-order valence-electron chi connectivity index (χ4n) is 4.48. The van der Waals surface area contributed by atoms with Crippen molar-refractivity contribution in [3.05, 3.63) is 45.8 Å². The Hall–Kier alpha value is -2.32. The minimum absolute atomic E-state index is 0.0224. The highest BCUT2D eigenvalue weighted by molar-refractivity contribution is 7.99. The van der Waals surface area contributed by atoms with Crippen molar-refractivity contribution in [2.45, 2.75) is 62.2 Å². The third-order valence-electron chi connectivity index (χ3n) is 6.08. The molecule has 1 amide bonds. The molecule has 162 valence electrons. The van der Waals surface area contributed by atoms with Crippen LogP contribution < -0.4 is 10.9 Å². The molecule has 1 N–H and O–H groups in total. The van der Waals surface area contributed by atoms with Crippen LogP contribution in [0.2, 0.25) is 5.02 Å². The van der Waals surface area contributed by atoms with Crippen molar-refractivity contribution in [2.75, 3.05) is 5.75 Å². The van der Waals surface area contributed by atoms with E-state index in [-0.39, 0.29) is 23.6 Å². The molecule has 1 aromatic carbocycles. The summed E-state index contributed by atoms with van der Waals surface area (Å²) < 4.78 is 3.33. The number of carbonyl (C=O) groups excluding carboxylic acids is 1. The molecule has 2 aromatic heterocycles. The van der Waals surface area contributed by atoms with Gasteiger partial charge in [-0.2, -0.15) is 5.10 Å². The van der Waals surface area contributed by atoms with E-state index >= 15 is 0 Å². The molecule has 1 aliphatic carbocycles. The molecule has 0 radical (unpaired) electrons. The number of hydrogen-bond donors (Lipinski definition) is 1. The summed E-state index contributed by atoms with van der Waals surface area (Å²) in [6.45, 7) is 0. The summed E-state index contributed by atoms with van der Waals surface area (Å²) in [6, 6.07) is 7.32. The largest absolute Gasteiger partial charge is 0.353 e. The van der Waals surface area contributed by atoms with Crippen molar-refractivity contribution in [3.63, 3.8) is 0 Å². The lowest BCUT2D eigenvalue weighted by atomic mass is 10.1. The van der Waals surface area contributed by atoms with Crippen LogP contribution in [0.15, 0.2) is 40.4 Å². The van der Waals surface area contributed by atoms with E-state index in [2.05, 4.69) is 10.4 Å². The van der Waals surface area contributed by atoms with E-state index in [0.29, 0.717) is 33.4 Å². The van der Waals surface area contributed by atoms with Gasteiger partial charge in [-0.05, 0) is 37.1 Å². The molecule has 1 saturated carbocycles. The van der Waals surface area contributed by atoms with Gasteiger partial charge in [0.25, 0.3) is 5.56 Å². The highest BCUT2D eigenvalue weighted by Crippen LogP contribution is 2.33. The van der Waals surface area contributed by atoms with Gasteiger partial charge in [-0.3, -0.25) is 14.2 Å². The summed E-state index contributed by atoms with van der Waals surface area (Å²) in [5.74, 6) is 0.690. The van der Waals surface area contributed by atoms with Crippen LogP contribution in [0.5, 0.6) is 0 Å². The van der Waals surface area contributed by atoms with Gasteiger partial charge in [-0.15, -0.1) is 0 Å². The van der Waals surface area contributed by atoms with Crippen LogP contribution in [0, 0.1) is 0 Å². The van der Waals surface area contributed by atoms with E-state index in [9.17, 15) is 9.59 Å². The summed E-state index contributed by atoms with van der Waals surface area (Å²) in [6.07, 6.45) is 8.80. The molecule has 1 unspecified atom stereocenters. The monoisotopic (exact) mass is 457 g/mol. The lowest BCUT2D eigenvalue weighted by molar-refractivity contribution is -0.122. The lowest BCUT2D eigenvalue weighted by Crippen LogP contribution is -2.36. The Morgan fingerprint density at radius 3 is 2.65 bits per heavy atom. The second-order valence-corrected chi connectivity index (χ2v) is 9.69.